The van der Waals surface area contributed by atoms with Gasteiger partial charge in [-0.15, -0.1) is 0 Å². The molecular formula is C9H21NO. The van der Waals surface area contributed by atoms with Crippen LogP contribution in [0.3, 0.4) is 0 Å². The minimum absolute atomic E-state index is 0.644. The fourth-order valence-corrected chi connectivity index (χ4v) is 1.20. The first-order chi connectivity index (χ1) is 5.22. The molecule has 0 bridgehead atoms. The molecule has 0 amide bonds. The molecule has 68 valence electrons. The van der Waals surface area contributed by atoms with Gasteiger partial charge in [-0.2, -0.15) is 0 Å². The van der Waals surface area contributed by atoms with E-state index in [1.807, 2.05) is 0 Å². The number of hydrogen-bond donors (Lipinski definition) is 1. The third-order valence-electron chi connectivity index (χ3n) is 1.96. The van der Waals surface area contributed by atoms with Gasteiger partial charge in [0.05, 0.1) is 6.61 Å². The summed E-state index contributed by atoms with van der Waals surface area (Å²) in [5, 5.41) is 3.44. The van der Waals surface area contributed by atoms with Crippen LogP contribution in [-0.4, -0.2) is 26.3 Å². The first-order valence-corrected chi connectivity index (χ1v) is 4.44. The Morgan fingerprint density at radius 2 is 2.00 bits per heavy atom. The molecule has 0 rings (SSSR count). The average molecular weight is 159 g/mol. The van der Waals surface area contributed by atoms with Gasteiger partial charge in [-0.1, -0.05) is 20.8 Å². The molecule has 0 aliphatic rings. The lowest BCUT2D eigenvalue weighted by molar-refractivity contribution is 0.191. The molecule has 1 N–H and O–H groups in total. The molecule has 0 saturated heterocycles. The molecule has 0 fully saturated rings. The Labute approximate surface area is 70.3 Å². The zero-order valence-electron chi connectivity index (χ0n) is 8.18. The normalized spacial score (nSPS) is 13.9. The van der Waals surface area contributed by atoms with E-state index in [2.05, 4.69) is 26.1 Å². The highest BCUT2D eigenvalue weighted by Crippen LogP contribution is 2.04. The van der Waals surface area contributed by atoms with Gasteiger partial charge in [-0.05, 0) is 12.3 Å². The van der Waals surface area contributed by atoms with E-state index in [1.54, 1.807) is 7.11 Å². The molecule has 11 heavy (non-hydrogen) atoms. The number of rotatable bonds is 6. The van der Waals surface area contributed by atoms with Gasteiger partial charge in [0, 0.05) is 19.7 Å². The van der Waals surface area contributed by atoms with Crippen molar-refractivity contribution in [1.29, 1.82) is 0 Å². The molecule has 0 heterocycles. The summed E-state index contributed by atoms with van der Waals surface area (Å²) in [6, 6.07) is 0.644. The Morgan fingerprint density at radius 3 is 2.36 bits per heavy atom. The van der Waals surface area contributed by atoms with Crippen molar-refractivity contribution in [2.24, 2.45) is 5.92 Å². The maximum absolute atomic E-state index is 4.95. The molecule has 0 spiro atoms. The predicted molar refractivity (Wildman–Crippen MR) is 48.8 cm³/mol. The monoisotopic (exact) mass is 159 g/mol. The predicted octanol–water partition coefficient (Wildman–Crippen LogP) is 1.66. The minimum Gasteiger partial charge on any atom is -0.383 e. The van der Waals surface area contributed by atoms with Crippen molar-refractivity contribution >= 4 is 0 Å². The second kappa shape index (κ2) is 6.62. The van der Waals surface area contributed by atoms with Crippen LogP contribution in [0, 0.1) is 5.92 Å². The van der Waals surface area contributed by atoms with Gasteiger partial charge in [0.15, 0.2) is 0 Å². The summed E-state index contributed by atoms with van der Waals surface area (Å²) in [4.78, 5) is 0. The molecule has 0 aliphatic carbocycles. The summed E-state index contributed by atoms with van der Waals surface area (Å²) in [5.41, 5.74) is 0. The molecular weight excluding hydrogens is 138 g/mol. The van der Waals surface area contributed by atoms with E-state index >= 15 is 0 Å². The molecule has 0 aromatic carbocycles. The standard InChI is InChI=1S/C9H21NO/c1-5-9(8(2)3)10-6-7-11-4/h8-10H,5-7H2,1-4H3. The molecule has 0 aromatic rings. The topological polar surface area (TPSA) is 21.3 Å². The van der Waals surface area contributed by atoms with E-state index in [0.717, 1.165) is 19.1 Å². The first-order valence-electron chi connectivity index (χ1n) is 4.44. The number of methoxy groups -OCH3 is 1. The Hall–Kier alpha value is -0.0800. The number of ether oxygens (including phenoxy) is 1. The maximum atomic E-state index is 4.95. The van der Waals surface area contributed by atoms with Gasteiger partial charge < -0.3 is 10.1 Å². The fourth-order valence-electron chi connectivity index (χ4n) is 1.20. The van der Waals surface area contributed by atoms with Gasteiger partial charge in [0.2, 0.25) is 0 Å². The number of nitrogens with one attached hydrogen (secondary N) is 1. The van der Waals surface area contributed by atoms with Crippen LogP contribution in [0.4, 0.5) is 0 Å². The zero-order valence-corrected chi connectivity index (χ0v) is 8.18. The van der Waals surface area contributed by atoms with E-state index in [9.17, 15) is 0 Å². The molecule has 2 nitrogen and oxygen atoms in total. The SMILES string of the molecule is CCC(NCCOC)C(C)C. The first kappa shape index (κ1) is 10.9. The van der Waals surface area contributed by atoms with Gasteiger partial charge in [0.1, 0.15) is 0 Å². The molecule has 0 radical (unpaired) electrons. The summed E-state index contributed by atoms with van der Waals surface area (Å²) >= 11 is 0. The van der Waals surface area contributed by atoms with Crippen LogP contribution in [0.2, 0.25) is 0 Å². The van der Waals surface area contributed by atoms with Crippen molar-refractivity contribution in [3.63, 3.8) is 0 Å². The highest BCUT2D eigenvalue weighted by molar-refractivity contribution is 4.67. The van der Waals surface area contributed by atoms with E-state index in [4.69, 9.17) is 4.74 Å². The van der Waals surface area contributed by atoms with Crippen LogP contribution in [0.5, 0.6) is 0 Å². The van der Waals surface area contributed by atoms with Crippen LogP contribution in [0.15, 0.2) is 0 Å². The fraction of sp³-hybridized carbons (Fsp3) is 1.00. The van der Waals surface area contributed by atoms with Crippen LogP contribution in [-0.2, 0) is 4.74 Å². The second-order valence-electron chi connectivity index (χ2n) is 3.21. The van der Waals surface area contributed by atoms with E-state index < -0.39 is 0 Å². The number of hydrogen-bond acceptors (Lipinski definition) is 2. The van der Waals surface area contributed by atoms with Crippen LogP contribution in [0.1, 0.15) is 27.2 Å². The Morgan fingerprint density at radius 1 is 1.36 bits per heavy atom. The Bertz CT molecular complexity index is 83.6. The smallest absolute Gasteiger partial charge is 0.0587 e. The van der Waals surface area contributed by atoms with Crippen LogP contribution < -0.4 is 5.32 Å². The lowest BCUT2D eigenvalue weighted by Crippen LogP contribution is -2.35. The Balaban J connectivity index is 3.36. The quantitative estimate of drug-likeness (QED) is 0.595. The summed E-state index contributed by atoms with van der Waals surface area (Å²) in [6.45, 7) is 8.48. The van der Waals surface area contributed by atoms with Gasteiger partial charge in [-0.25, -0.2) is 0 Å². The van der Waals surface area contributed by atoms with E-state index in [0.29, 0.717) is 6.04 Å². The van der Waals surface area contributed by atoms with E-state index in [1.165, 1.54) is 6.42 Å². The molecule has 0 saturated carbocycles. The summed E-state index contributed by atoms with van der Waals surface area (Å²) < 4.78 is 4.95. The summed E-state index contributed by atoms with van der Waals surface area (Å²) in [6.07, 6.45) is 1.20. The molecule has 1 atom stereocenters. The van der Waals surface area contributed by atoms with Crippen molar-refractivity contribution in [2.45, 2.75) is 33.2 Å². The van der Waals surface area contributed by atoms with E-state index in [-0.39, 0.29) is 0 Å². The van der Waals surface area contributed by atoms with Crippen molar-refractivity contribution in [3.8, 4) is 0 Å². The third-order valence-corrected chi connectivity index (χ3v) is 1.96. The lowest BCUT2D eigenvalue weighted by Gasteiger charge is -2.20. The van der Waals surface area contributed by atoms with Crippen molar-refractivity contribution in [3.05, 3.63) is 0 Å². The van der Waals surface area contributed by atoms with Gasteiger partial charge >= 0.3 is 0 Å². The third kappa shape index (κ3) is 5.22. The largest absolute Gasteiger partial charge is 0.383 e. The van der Waals surface area contributed by atoms with Gasteiger partial charge in [0.25, 0.3) is 0 Å². The highest BCUT2D eigenvalue weighted by Gasteiger charge is 2.08. The zero-order chi connectivity index (χ0) is 8.69. The van der Waals surface area contributed by atoms with Crippen molar-refractivity contribution < 1.29 is 4.74 Å². The lowest BCUT2D eigenvalue weighted by atomic mass is 10.0. The summed E-state index contributed by atoms with van der Waals surface area (Å²) in [5.74, 6) is 0.719. The average Bonchev–Trinajstić information content (AvgIpc) is 1.97. The Kier molecular flexibility index (Phi) is 6.57. The minimum atomic E-state index is 0.644. The maximum Gasteiger partial charge on any atom is 0.0587 e. The highest BCUT2D eigenvalue weighted by atomic mass is 16.5. The van der Waals surface area contributed by atoms with Crippen molar-refractivity contribution in [2.75, 3.05) is 20.3 Å². The second-order valence-corrected chi connectivity index (χ2v) is 3.21. The van der Waals surface area contributed by atoms with Gasteiger partial charge in [-0.3, -0.25) is 0 Å². The molecule has 0 aromatic heterocycles. The molecule has 0 aliphatic heterocycles. The van der Waals surface area contributed by atoms with Crippen LogP contribution >= 0.6 is 0 Å². The molecule has 2 heteroatoms. The van der Waals surface area contributed by atoms with Crippen molar-refractivity contribution in [1.82, 2.24) is 5.32 Å². The van der Waals surface area contributed by atoms with Crippen LogP contribution in [0.25, 0.3) is 0 Å². The summed E-state index contributed by atoms with van der Waals surface area (Å²) in [7, 11) is 1.73. The molecule has 1 unspecified atom stereocenters.